The van der Waals surface area contributed by atoms with E-state index in [0.29, 0.717) is 12.6 Å². The highest BCUT2D eigenvalue weighted by molar-refractivity contribution is 7.89. The van der Waals surface area contributed by atoms with E-state index < -0.39 is 21.8 Å². The fourth-order valence-electron chi connectivity index (χ4n) is 1.66. The molecule has 0 saturated heterocycles. The van der Waals surface area contributed by atoms with Gasteiger partial charge in [-0.3, -0.25) is 0 Å². The standard InChI is InChI=1S/C12H15F3N2O2S/c13-12(14,15)9-1-5-11(6-2-9)20(18,19)17-8-7-16-10-3-4-10/h1-2,5-6,10,16-17H,3-4,7-8H2. The van der Waals surface area contributed by atoms with Gasteiger partial charge in [-0.15, -0.1) is 0 Å². The molecule has 1 fully saturated rings. The number of hydrogen-bond acceptors (Lipinski definition) is 3. The second kappa shape index (κ2) is 5.71. The zero-order valence-corrected chi connectivity index (χ0v) is 11.4. The fourth-order valence-corrected chi connectivity index (χ4v) is 2.69. The SMILES string of the molecule is O=S(=O)(NCCNC1CC1)c1ccc(C(F)(F)F)cc1. The molecule has 1 aromatic carbocycles. The van der Waals surface area contributed by atoms with Crippen LogP contribution >= 0.6 is 0 Å². The van der Waals surface area contributed by atoms with Gasteiger partial charge in [-0.2, -0.15) is 13.2 Å². The van der Waals surface area contributed by atoms with Crippen LogP contribution in [-0.4, -0.2) is 27.5 Å². The van der Waals surface area contributed by atoms with Crippen LogP contribution in [-0.2, 0) is 16.2 Å². The van der Waals surface area contributed by atoms with E-state index in [-0.39, 0.29) is 11.4 Å². The first-order valence-corrected chi connectivity index (χ1v) is 7.68. The fraction of sp³-hybridized carbons (Fsp3) is 0.500. The largest absolute Gasteiger partial charge is 0.416 e. The summed E-state index contributed by atoms with van der Waals surface area (Å²) in [4.78, 5) is -0.170. The lowest BCUT2D eigenvalue weighted by Crippen LogP contribution is -2.32. The summed E-state index contributed by atoms with van der Waals surface area (Å²) in [5.41, 5.74) is -0.869. The van der Waals surface area contributed by atoms with Crippen LogP contribution in [0.3, 0.4) is 0 Å². The monoisotopic (exact) mass is 308 g/mol. The molecule has 1 saturated carbocycles. The quantitative estimate of drug-likeness (QED) is 0.787. The van der Waals surface area contributed by atoms with Gasteiger partial charge in [-0.05, 0) is 37.1 Å². The average Bonchev–Trinajstić information content (AvgIpc) is 3.18. The van der Waals surface area contributed by atoms with Crippen molar-refractivity contribution in [1.29, 1.82) is 0 Å². The maximum atomic E-state index is 12.4. The van der Waals surface area contributed by atoms with Gasteiger partial charge in [0.2, 0.25) is 10.0 Å². The highest BCUT2D eigenvalue weighted by atomic mass is 32.2. The van der Waals surface area contributed by atoms with Crippen LogP contribution in [0.15, 0.2) is 29.2 Å². The molecule has 1 aliphatic carbocycles. The van der Waals surface area contributed by atoms with Crippen molar-refractivity contribution in [3.63, 3.8) is 0 Å². The molecule has 0 aromatic heterocycles. The molecule has 2 rings (SSSR count). The lowest BCUT2D eigenvalue weighted by atomic mass is 10.2. The van der Waals surface area contributed by atoms with Crippen LogP contribution in [0, 0.1) is 0 Å². The third kappa shape index (κ3) is 4.19. The Kier molecular flexibility index (Phi) is 4.36. The first kappa shape index (κ1) is 15.3. The zero-order chi connectivity index (χ0) is 14.8. The Morgan fingerprint density at radius 3 is 2.20 bits per heavy atom. The maximum absolute atomic E-state index is 12.4. The maximum Gasteiger partial charge on any atom is 0.416 e. The number of alkyl halides is 3. The van der Waals surface area contributed by atoms with E-state index in [1.54, 1.807) is 0 Å². The molecular weight excluding hydrogens is 293 g/mol. The topological polar surface area (TPSA) is 58.2 Å². The predicted molar refractivity (Wildman–Crippen MR) is 67.7 cm³/mol. The Morgan fingerprint density at radius 2 is 1.70 bits per heavy atom. The van der Waals surface area contributed by atoms with E-state index in [2.05, 4.69) is 10.0 Å². The summed E-state index contributed by atoms with van der Waals surface area (Å²) in [5, 5.41) is 3.13. The molecule has 0 spiro atoms. The Balaban J connectivity index is 1.94. The van der Waals surface area contributed by atoms with Crippen molar-refractivity contribution in [2.24, 2.45) is 0 Å². The van der Waals surface area contributed by atoms with Crippen molar-refractivity contribution in [1.82, 2.24) is 10.0 Å². The molecule has 0 amide bonds. The third-order valence-electron chi connectivity index (χ3n) is 2.92. The lowest BCUT2D eigenvalue weighted by molar-refractivity contribution is -0.137. The summed E-state index contributed by atoms with van der Waals surface area (Å²) in [6.45, 7) is 0.713. The van der Waals surface area contributed by atoms with Gasteiger partial charge in [0.15, 0.2) is 0 Å². The third-order valence-corrected chi connectivity index (χ3v) is 4.40. The van der Waals surface area contributed by atoms with Gasteiger partial charge in [0, 0.05) is 19.1 Å². The highest BCUT2D eigenvalue weighted by Crippen LogP contribution is 2.29. The summed E-state index contributed by atoms with van der Waals surface area (Å²) < 4.78 is 63.1. The number of rotatable bonds is 6. The summed E-state index contributed by atoms with van der Waals surface area (Å²) in [6, 6.07) is 3.91. The second-order valence-electron chi connectivity index (χ2n) is 4.65. The Bertz CT molecular complexity index is 551. The molecule has 0 unspecified atom stereocenters. The van der Waals surface area contributed by atoms with Crippen LogP contribution in [0.5, 0.6) is 0 Å². The van der Waals surface area contributed by atoms with E-state index >= 15 is 0 Å². The number of nitrogens with one attached hydrogen (secondary N) is 2. The summed E-state index contributed by atoms with van der Waals surface area (Å²) in [7, 11) is -3.76. The molecule has 8 heteroatoms. The van der Waals surface area contributed by atoms with E-state index in [9.17, 15) is 21.6 Å². The molecule has 2 N–H and O–H groups in total. The molecular formula is C12H15F3N2O2S. The van der Waals surface area contributed by atoms with Crippen LogP contribution in [0.25, 0.3) is 0 Å². The van der Waals surface area contributed by atoms with Gasteiger partial charge in [0.1, 0.15) is 0 Å². The minimum atomic E-state index is -4.47. The normalized spacial score (nSPS) is 16.4. The number of sulfonamides is 1. The highest BCUT2D eigenvalue weighted by Gasteiger charge is 2.30. The summed E-state index contributed by atoms with van der Waals surface area (Å²) in [5.74, 6) is 0. The van der Waals surface area contributed by atoms with Gasteiger partial charge < -0.3 is 5.32 Å². The number of halogens is 3. The molecule has 112 valence electrons. The molecule has 0 heterocycles. The van der Waals surface area contributed by atoms with Crippen molar-refractivity contribution in [3.8, 4) is 0 Å². The van der Waals surface area contributed by atoms with E-state index in [0.717, 1.165) is 37.1 Å². The summed E-state index contributed by atoms with van der Waals surface area (Å²) >= 11 is 0. The minimum Gasteiger partial charge on any atom is -0.313 e. The first-order valence-electron chi connectivity index (χ1n) is 6.19. The minimum absolute atomic E-state index is 0.170. The molecule has 1 aliphatic rings. The first-order chi connectivity index (χ1) is 9.29. The molecule has 1 aromatic rings. The molecule has 0 aliphatic heterocycles. The van der Waals surface area contributed by atoms with Gasteiger partial charge in [-0.25, -0.2) is 13.1 Å². The van der Waals surface area contributed by atoms with E-state index in [1.807, 2.05) is 0 Å². The Morgan fingerprint density at radius 1 is 1.10 bits per heavy atom. The van der Waals surface area contributed by atoms with Crippen molar-refractivity contribution in [2.75, 3.05) is 13.1 Å². The van der Waals surface area contributed by atoms with Gasteiger partial charge >= 0.3 is 6.18 Å². The van der Waals surface area contributed by atoms with Crippen LogP contribution in [0.2, 0.25) is 0 Å². The van der Waals surface area contributed by atoms with Crippen molar-refractivity contribution in [3.05, 3.63) is 29.8 Å². The second-order valence-corrected chi connectivity index (χ2v) is 6.42. The van der Waals surface area contributed by atoms with Gasteiger partial charge in [0.25, 0.3) is 0 Å². The Labute approximate surface area is 115 Å². The van der Waals surface area contributed by atoms with Crippen LogP contribution in [0.4, 0.5) is 13.2 Å². The molecule has 0 bridgehead atoms. The smallest absolute Gasteiger partial charge is 0.313 e. The number of hydrogen-bond donors (Lipinski definition) is 2. The van der Waals surface area contributed by atoms with Gasteiger partial charge in [0.05, 0.1) is 10.5 Å². The lowest BCUT2D eigenvalue weighted by Gasteiger charge is -2.09. The van der Waals surface area contributed by atoms with Crippen LogP contribution in [0.1, 0.15) is 18.4 Å². The molecule has 0 radical (unpaired) electrons. The van der Waals surface area contributed by atoms with Crippen molar-refractivity contribution >= 4 is 10.0 Å². The van der Waals surface area contributed by atoms with E-state index in [1.165, 1.54) is 0 Å². The van der Waals surface area contributed by atoms with E-state index in [4.69, 9.17) is 0 Å². The Hall–Kier alpha value is -1.12. The average molecular weight is 308 g/mol. The zero-order valence-electron chi connectivity index (χ0n) is 10.6. The molecule has 0 atom stereocenters. The van der Waals surface area contributed by atoms with Gasteiger partial charge in [-0.1, -0.05) is 0 Å². The predicted octanol–water partition coefficient (Wildman–Crippen LogP) is 1.74. The van der Waals surface area contributed by atoms with Crippen molar-refractivity contribution in [2.45, 2.75) is 30.0 Å². The molecule has 20 heavy (non-hydrogen) atoms. The number of benzene rings is 1. The molecule has 4 nitrogen and oxygen atoms in total. The van der Waals surface area contributed by atoms with Crippen LogP contribution < -0.4 is 10.0 Å². The van der Waals surface area contributed by atoms with Crippen molar-refractivity contribution < 1.29 is 21.6 Å². The summed E-state index contributed by atoms with van der Waals surface area (Å²) in [6.07, 6.45) is -2.26.